The Morgan fingerprint density at radius 3 is 2.52 bits per heavy atom. The van der Waals surface area contributed by atoms with E-state index in [0.717, 1.165) is 16.0 Å². The van der Waals surface area contributed by atoms with Crippen LogP contribution in [0.3, 0.4) is 0 Å². The number of fused-ring (bicyclic) bond motifs is 1. The maximum Gasteiger partial charge on any atom is 0.349 e. The van der Waals surface area contributed by atoms with Crippen LogP contribution < -0.4 is 10.6 Å². The van der Waals surface area contributed by atoms with Crippen molar-refractivity contribution in [3.8, 4) is 0 Å². The van der Waals surface area contributed by atoms with Crippen molar-refractivity contribution < 1.29 is 23.5 Å². The minimum Gasteiger partial charge on any atom is -0.443 e. The van der Waals surface area contributed by atoms with Gasteiger partial charge in [0, 0.05) is 17.3 Å². The van der Waals surface area contributed by atoms with Gasteiger partial charge in [0.25, 0.3) is 5.91 Å². The first-order chi connectivity index (χ1) is 13.0. The number of ether oxygens (including phenoxy) is 1. The number of esters is 1. The highest BCUT2D eigenvalue weighted by Gasteiger charge is 2.27. The smallest absolute Gasteiger partial charge is 0.349 e. The zero-order chi connectivity index (χ0) is 19.4. The normalized spacial score (nSPS) is 11.6. The summed E-state index contributed by atoms with van der Waals surface area (Å²) >= 11 is 1.13. The zero-order valence-corrected chi connectivity index (χ0v) is 15.0. The summed E-state index contributed by atoms with van der Waals surface area (Å²) in [6, 6.07) is 13.3. The third-order valence-electron chi connectivity index (χ3n) is 3.71. The quantitative estimate of drug-likeness (QED) is 0.673. The lowest BCUT2D eigenvalue weighted by molar-refractivity contribution is -0.129. The lowest BCUT2D eigenvalue weighted by Crippen LogP contribution is -2.41. The second kappa shape index (κ2) is 7.96. The predicted octanol–water partition coefficient (Wildman–Crippen LogP) is 3.39. The van der Waals surface area contributed by atoms with Gasteiger partial charge in [0.05, 0.1) is 0 Å². The molecule has 0 saturated carbocycles. The first-order valence-corrected chi connectivity index (χ1v) is 8.77. The molecule has 2 N–H and O–H groups in total. The van der Waals surface area contributed by atoms with Crippen molar-refractivity contribution in [2.45, 2.75) is 6.10 Å². The van der Waals surface area contributed by atoms with Crippen molar-refractivity contribution in [1.29, 1.82) is 0 Å². The lowest BCUT2D eigenvalue weighted by atomic mass is 10.1. The number of carbonyl (C=O) groups excluding carboxylic acids is 3. The molecule has 0 fully saturated rings. The highest BCUT2D eigenvalue weighted by molar-refractivity contribution is 7.20. The molecule has 0 spiro atoms. The van der Waals surface area contributed by atoms with Gasteiger partial charge in [0.1, 0.15) is 10.7 Å². The molecule has 1 heterocycles. The maximum absolute atomic E-state index is 13.3. The van der Waals surface area contributed by atoms with Crippen LogP contribution in [0.2, 0.25) is 0 Å². The number of urea groups is 1. The van der Waals surface area contributed by atoms with Gasteiger partial charge >= 0.3 is 12.0 Å². The van der Waals surface area contributed by atoms with Crippen LogP contribution in [-0.2, 0) is 9.53 Å². The summed E-state index contributed by atoms with van der Waals surface area (Å²) in [4.78, 5) is 36.6. The Hall–Kier alpha value is -3.26. The van der Waals surface area contributed by atoms with Gasteiger partial charge in [0.15, 0.2) is 0 Å². The number of hydrogen-bond donors (Lipinski definition) is 2. The van der Waals surface area contributed by atoms with E-state index in [-0.39, 0.29) is 4.88 Å². The van der Waals surface area contributed by atoms with Gasteiger partial charge in [-0.3, -0.25) is 10.1 Å². The molecule has 8 heteroatoms. The fourth-order valence-electron chi connectivity index (χ4n) is 2.42. The summed E-state index contributed by atoms with van der Waals surface area (Å²) in [6.07, 6.45) is -1.31. The van der Waals surface area contributed by atoms with Crippen LogP contribution in [0.4, 0.5) is 9.18 Å². The number of thiophene rings is 1. The van der Waals surface area contributed by atoms with Gasteiger partial charge in [-0.1, -0.05) is 30.3 Å². The monoisotopic (exact) mass is 386 g/mol. The Balaban J connectivity index is 1.86. The van der Waals surface area contributed by atoms with Crippen molar-refractivity contribution >= 4 is 39.3 Å². The van der Waals surface area contributed by atoms with Crippen LogP contribution in [0.5, 0.6) is 0 Å². The highest BCUT2D eigenvalue weighted by Crippen LogP contribution is 2.28. The molecule has 3 aromatic rings. The van der Waals surface area contributed by atoms with E-state index in [0.29, 0.717) is 10.9 Å². The first-order valence-electron chi connectivity index (χ1n) is 7.95. The fraction of sp³-hybridized carbons (Fsp3) is 0.105. The van der Waals surface area contributed by atoms with E-state index in [1.807, 2.05) is 0 Å². The van der Waals surface area contributed by atoms with Crippen LogP contribution >= 0.6 is 11.3 Å². The van der Waals surface area contributed by atoms with Crippen molar-refractivity contribution in [2.24, 2.45) is 0 Å². The number of benzene rings is 2. The Kier molecular flexibility index (Phi) is 5.46. The van der Waals surface area contributed by atoms with E-state index >= 15 is 0 Å². The highest BCUT2D eigenvalue weighted by atomic mass is 32.1. The summed E-state index contributed by atoms with van der Waals surface area (Å²) < 4.78 is 19.4. The molecule has 0 saturated heterocycles. The van der Waals surface area contributed by atoms with Gasteiger partial charge in [-0.15, -0.1) is 11.3 Å². The predicted molar refractivity (Wildman–Crippen MR) is 99.0 cm³/mol. The van der Waals surface area contributed by atoms with Crippen molar-refractivity contribution in [2.75, 3.05) is 7.05 Å². The molecule has 0 aliphatic rings. The van der Waals surface area contributed by atoms with E-state index in [1.54, 1.807) is 36.4 Å². The molecule has 1 atom stereocenters. The molecule has 1 aromatic heterocycles. The molecule has 0 bridgehead atoms. The van der Waals surface area contributed by atoms with E-state index in [4.69, 9.17) is 4.74 Å². The number of halogens is 1. The second-order valence-corrected chi connectivity index (χ2v) is 6.64. The van der Waals surface area contributed by atoms with Gasteiger partial charge in [-0.25, -0.2) is 14.0 Å². The van der Waals surface area contributed by atoms with E-state index in [1.165, 1.54) is 25.2 Å². The Morgan fingerprint density at radius 2 is 1.81 bits per heavy atom. The molecular formula is C19H15FN2O4S. The molecule has 6 nitrogen and oxygen atoms in total. The molecule has 2 aromatic carbocycles. The number of imide groups is 1. The zero-order valence-electron chi connectivity index (χ0n) is 14.2. The summed E-state index contributed by atoms with van der Waals surface area (Å²) in [7, 11) is 1.36. The standard InChI is InChI=1S/C19H15FN2O4S/c1-21-19(25)22-17(23)16(11-5-3-2-4-6-11)26-18(24)15-10-12-9-13(20)7-8-14(12)27-15/h2-10,16H,1H3,(H2,21,22,23,25)/t16-/m1/s1. The molecule has 3 amide bonds. The van der Waals surface area contributed by atoms with Gasteiger partial charge < -0.3 is 10.1 Å². The van der Waals surface area contributed by atoms with Crippen molar-refractivity contribution in [3.05, 3.63) is 70.9 Å². The average molecular weight is 386 g/mol. The first kappa shape index (κ1) is 18.5. The fourth-order valence-corrected chi connectivity index (χ4v) is 3.35. The molecule has 3 rings (SSSR count). The Bertz CT molecular complexity index is 1000. The van der Waals surface area contributed by atoms with Crippen LogP contribution in [0.25, 0.3) is 10.1 Å². The summed E-state index contributed by atoms with van der Waals surface area (Å²) in [6.45, 7) is 0. The van der Waals surface area contributed by atoms with E-state index in [2.05, 4.69) is 10.6 Å². The van der Waals surface area contributed by atoms with Crippen molar-refractivity contribution in [1.82, 2.24) is 10.6 Å². The minimum atomic E-state index is -1.31. The van der Waals surface area contributed by atoms with Crippen LogP contribution in [-0.4, -0.2) is 25.0 Å². The van der Waals surface area contributed by atoms with Gasteiger partial charge in [-0.2, -0.15) is 0 Å². The molecule has 0 unspecified atom stereocenters. The molecule has 138 valence electrons. The lowest BCUT2D eigenvalue weighted by Gasteiger charge is -2.17. The number of rotatable bonds is 4. The van der Waals surface area contributed by atoms with Crippen LogP contribution in [0, 0.1) is 5.82 Å². The number of carbonyl (C=O) groups is 3. The van der Waals surface area contributed by atoms with Crippen LogP contribution in [0.1, 0.15) is 21.3 Å². The van der Waals surface area contributed by atoms with Crippen LogP contribution in [0.15, 0.2) is 54.6 Å². The third-order valence-corrected chi connectivity index (χ3v) is 4.80. The third kappa shape index (κ3) is 4.29. The Labute approximate surface area is 157 Å². The van der Waals surface area contributed by atoms with Gasteiger partial charge in [-0.05, 0) is 29.7 Å². The summed E-state index contributed by atoms with van der Waals surface area (Å²) in [5.74, 6) is -1.93. The topological polar surface area (TPSA) is 84.5 Å². The maximum atomic E-state index is 13.3. The minimum absolute atomic E-state index is 0.226. The number of amides is 3. The van der Waals surface area contributed by atoms with Crippen molar-refractivity contribution in [3.63, 3.8) is 0 Å². The molecule has 0 aliphatic heterocycles. The summed E-state index contributed by atoms with van der Waals surface area (Å²) in [5, 5.41) is 4.94. The number of hydrogen-bond acceptors (Lipinski definition) is 5. The van der Waals surface area contributed by atoms with E-state index in [9.17, 15) is 18.8 Å². The molecular weight excluding hydrogens is 371 g/mol. The second-order valence-electron chi connectivity index (χ2n) is 5.56. The Morgan fingerprint density at radius 1 is 1.07 bits per heavy atom. The SMILES string of the molecule is CNC(=O)NC(=O)[C@H](OC(=O)c1cc2cc(F)ccc2s1)c1ccccc1. The molecule has 27 heavy (non-hydrogen) atoms. The molecule has 0 aliphatic carbocycles. The average Bonchev–Trinajstić information content (AvgIpc) is 3.09. The largest absolute Gasteiger partial charge is 0.443 e. The van der Waals surface area contributed by atoms with Gasteiger partial charge in [0.2, 0.25) is 6.10 Å². The van der Waals surface area contributed by atoms with E-state index < -0.39 is 29.8 Å². The number of nitrogens with one attached hydrogen (secondary N) is 2. The summed E-state index contributed by atoms with van der Waals surface area (Å²) in [5.41, 5.74) is 0.416. The molecule has 0 radical (unpaired) electrons.